The molecule has 1 aromatic heterocycles. The van der Waals surface area contributed by atoms with Gasteiger partial charge in [-0.15, -0.1) is 0 Å². The summed E-state index contributed by atoms with van der Waals surface area (Å²) in [7, 11) is 0. The second-order valence-electron chi connectivity index (χ2n) is 10.7. The Kier molecular flexibility index (Phi) is 8.65. The van der Waals surface area contributed by atoms with Crippen LogP contribution < -0.4 is 5.32 Å². The number of aromatic nitrogens is 2. The van der Waals surface area contributed by atoms with Gasteiger partial charge in [-0.2, -0.15) is 0 Å². The van der Waals surface area contributed by atoms with Crippen LogP contribution in [0.1, 0.15) is 68.2 Å². The predicted molar refractivity (Wildman–Crippen MR) is 135 cm³/mol. The summed E-state index contributed by atoms with van der Waals surface area (Å²) in [6, 6.07) is 0. The van der Waals surface area contributed by atoms with E-state index in [0.29, 0.717) is 5.92 Å². The quantitative estimate of drug-likeness (QED) is 0.390. The van der Waals surface area contributed by atoms with E-state index in [1.807, 2.05) is 58.6 Å². The van der Waals surface area contributed by atoms with E-state index >= 15 is 0 Å². The summed E-state index contributed by atoms with van der Waals surface area (Å²) in [5.41, 5.74) is 4.99. The van der Waals surface area contributed by atoms with Gasteiger partial charge in [0.2, 0.25) is 5.91 Å². The molecule has 4 heteroatoms. The van der Waals surface area contributed by atoms with Gasteiger partial charge in [0.1, 0.15) is 0 Å². The molecule has 0 saturated carbocycles. The summed E-state index contributed by atoms with van der Waals surface area (Å²) in [5, 5.41) is 2.95. The van der Waals surface area contributed by atoms with Crippen LogP contribution in [-0.2, 0) is 11.3 Å². The first-order chi connectivity index (χ1) is 14.9. The normalized spacial score (nSPS) is 20.4. The molecule has 1 heterocycles. The maximum Gasteiger partial charge on any atom is 0.244 e. The minimum atomic E-state index is -0.226. The Morgan fingerprint density at radius 2 is 1.97 bits per heavy atom. The van der Waals surface area contributed by atoms with Crippen LogP contribution in [-0.4, -0.2) is 21.0 Å². The first-order valence-electron chi connectivity index (χ1n) is 11.6. The van der Waals surface area contributed by atoms with Crippen molar-refractivity contribution in [2.75, 3.05) is 0 Å². The lowest BCUT2D eigenvalue weighted by Crippen LogP contribution is -2.39. The molecular formula is C28H41N3O. The summed E-state index contributed by atoms with van der Waals surface area (Å²) < 4.78 is 2.18. The highest BCUT2D eigenvalue weighted by Crippen LogP contribution is 2.44. The average Bonchev–Trinajstić information content (AvgIpc) is 3.15. The van der Waals surface area contributed by atoms with Gasteiger partial charge in [0.05, 0.1) is 6.33 Å². The standard InChI is InChI=1S/C28H41N3O/c1-21(10-9-11-22(2)18-26(32)30-27(4,5)6)12-13-25-23(3)24(14-15-28(25,7)8)19-31-17-16-29-20-31/h9-13,16-18,20,24H,14-15,19H2,1-8H3,(H,30,32)/b11-9+,13-12+,21-10+,22-18+. The maximum atomic E-state index is 12.0. The SMILES string of the molecule is CC1=C(/C=C/C(C)=C/C=C/C(C)=C/C(=O)NC(C)(C)C)C(C)(C)CCC1Cn1ccnc1. The van der Waals surface area contributed by atoms with Gasteiger partial charge < -0.3 is 9.88 Å². The van der Waals surface area contributed by atoms with Crippen LogP contribution in [0, 0.1) is 11.3 Å². The van der Waals surface area contributed by atoms with E-state index in [0.717, 1.165) is 12.1 Å². The number of carbonyl (C=O) groups is 1. The highest BCUT2D eigenvalue weighted by Gasteiger charge is 2.31. The molecule has 1 N–H and O–H groups in total. The fraction of sp³-hybridized carbons (Fsp3) is 0.500. The van der Waals surface area contributed by atoms with Gasteiger partial charge >= 0.3 is 0 Å². The Bertz CT molecular complexity index is 932. The molecule has 1 atom stereocenters. The third-order valence-electron chi connectivity index (χ3n) is 5.96. The average molecular weight is 436 g/mol. The zero-order chi connectivity index (χ0) is 23.9. The molecule has 0 radical (unpaired) electrons. The molecule has 1 unspecified atom stereocenters. The molecule has 0 saturated heterocycles. The van der Waals surface area contributed by atoms with E-state index in [1.54, 1.807) is 6.08 Å². The second kappa shape index (κ2) is 10.8. The monoisotopic (exact) mass is 435 g/mol. The number of hydrogen-bond donors (Lipinski definition) is 1. The molecule has 0 aliphatic heterocycles. The summed E-state index contributed by atoms with van der Waals surface area (Å²) in [5.74, 6) is 0.487. The molecule has 0 aromatic carbocycles. The van der Waals surface area contributed by atoms with Crippen LogP contribution in [0.15, 0.2) is 77.5 Å². The van der Waals surface area contributed by atoms with E-state index in [4.69, 9.17) is 0 Å². The second-order valence-corrected chi connectivity index (χ2v) is 10.7. The van der Waals surface area contributed by atoms with Gasteiger partial charge in [0.25, 0.3) is 0 Å². The molecule has 1 aromatic rings. The molecule has 1 amide bonds. The number of carbonyl (C=O) groups excluding carboxylic acids is 1. The Labute approximate surface area is 194 Å². The number of imidazole rings is 1. The predicted octanol–water partition coefficient (Wildman–Crippen LogP) is 6.56. The molecule has 4 nitrogen and oxygen atoms in total. The fourth-order valence-electron chi connectivity index (χ4n) is 4.16. The number of hydrogen-bond acceptors (Lipinski definition) is 2. The molecule has 1 aliphatic carbocycles. The highest BCUT2D eigenvalue weighted by molar-refractivity contribution is 5.89. The lowest BCUT2D eigenvalue weighted by atomic mass is 9.68. The number of nitrogens with one attached hydrogen (secondary N) is 1. The van der Waals surface area contributed by atoms with Gasteiger partial charge in [-0.1, -0.05) is 55.4 Å². The molecular weight excluding hydrogens is 394 g/mol. The smallest absolute Gasteiger partial charge is 0.244 e. The minimum Gasteiger partial charge on any atom is -0.348 e. The van der Waals surface area contributed by atoms with Crippen LogP contribution >= 0.6 is 0 Å². The van der Waals surface area contributed by atoms with Gasteiger partial charge in [-0.3, -0.25) is 4.79 Å². The van der Waals surface area contributed by atoms with Crippen molar-refractivity contribution < 1.29 is 4.79 Å². The molecule has 1 aliphatic rings. The van der Waals surface area contributed by atoms with Crippen LogP contribution in [0.2, 0.25) is 0 Å². The highest BCUT2D eigenvalue weighted by atomic mass is 16.1. The third-order valence-corrected chi connectivity index (χ3v) is 5.96. The summed E-state index contributed by atoms with van der Waals surface area (Å²) in [4.78, 5) is 16.2. The topological polar surface area (TPSA) is 46.9 Å². The summed E-state index contributed by atoms with van der Waals surface area (Å²) in [6.45, 7) is 18.0. The van der Waals surface area contributed by atoms with Crippen LogP contribution in [0.5, 0.6) is 0 Å². The van der Waals surface area contributed by atoms with Crippen molar-refractivity contribution in [3.63, 3.8) is 0 Å². The van der Waals surface area contributed by atoms with Crippen molar-refractivity contribution in [3.8, 4) is 0 Å². The van der Waals surface area contributed by atoms with E-state index in [2.05, 4.69) is 60.8 Å². The van der Waals surface area contributed by atoms with Gasteiger partial charge in [-0.05, 0) is 76.9 Å². The van der Waals surface area contributed by atoms with Crippen molar-refractivity contribution in [3.05, 3.63) is 77.5 Å². The summed E-state index contributed by atoms with van der Waals surface area (Å²) >= 11 is 0. The van der Waals surface area contributed by atoms with Crippen molar-refractivity contribution in [2.45, 2.75) is 80.3 Å². The molecule has 32 heavy (non-hydrogen) atoms. The van der Waals surface area contributed by atoms with Crippen LogP contribution in [0.3, 0.4) is 0 Å². The van der Waals surface area contributed by atoms with Crippen molar-refractivity contribution in [1.82, 2.24) is 14.9 Å². The van der Waals surface area contributed by atoms with Gasteiger partial charge in [0.15, 0.2) is 0 Å². The van der Waals surface area contributed by atoms with E-state index in [9.17, 15) is 4.79 Å². The molecule has 0 bridgehead atoms. The summed E-state index contributed by atoms with van der Waals surface area (Å²) in [6.07, 6.45) is 20.4. The van der Waals surface area contributed by atoms with Crippen LogP contribution in [0.4, 0.5) is 0 Å². The first kappa shape index (κ1) is 25.6. The number of rotatable bonds is 7. The minimum absolute atomic E-state index is 0.0626. The molecule has 174 valence electrons. The number of nitrogens with zero attached hydrogens (tertiary/aromatic N) is 2. The van der Waals surface area contributed by atoms with E-state index in [-0.39, 0.29) is 16.9 Å². The zero-order valence-electron chi connectivity index (χ0n) is 21.2. The zero-order valence-corrected chi connectivity index (χ0v) is 21.2. The van der Waals surface area contributed by atoms with Crippen molar-refractivity contribution in [1.29, 1.82) is 0 Å². The Morgan fingerprint density at radius 1 is 1.25 bits per heavy atom. The molecule has 0 fully saturated rings. The van der Waals surface area contributed by atoms with Gasteiger partial charge in [-0.25, -0.2) is 4.98 Å². The molecule has 2 rings (SSSR count). The lowest BCUT2D eigenvalue weighted by Gasteiger charge is -2.37. The van der Waals surface area contributed by atoms with E-state index in [1.165, 1.54) is 29.6 Å². The number of allylic oxidation sites excluding steroid dienone is 9. The maximum absolute atomic E-state index is 12.0. The largest absolute Gasteiger partial charge is 0.348 e. The van der Waals surface area contributed by atoms with Crippen LogP contribution in [0.25, 0.3) is 0 Å². The third kappa shape index (κ3) is 8.14. The fourth-order valence-corrected chi connectivity index (χ4v) is 4.16. The molecule has 0 spiro atoms. The Morgan fingerprint density at radius 3 is 2.59 bits per heavy atom. The Balaban J connectivity index is 2.09. The van der Waals surface area contributed by atoms with Gasteiger partial charge in [0, 0.05) is 30.6 Å². The van der Waals surface area contributed by atoms with E-state index < -0.39 is 0 Å². The van der Waals surface area contributed by atoms with Crippen molar-refractivity contribution >= 4 is 5.91 Å². The first-order valence-corrected chi connectivity index (χ1v) is 11.6. The number of amides is 1. The Hall–Kier alpha value is -2.62. The van der Waals surface area contributed by atoms with Crippen molar-refractivity contribution in [2.24, 2.45) is 11.3 Å². The lowest BCUT2D eigenvalue weighted by molar-refractivity contribution is -0.117.